The van der Waals surface area contributed by atoms with E-state index in [0.29, 0.717) is 30.9 Å². The summed E-state index contributed by atoms with van der Waals surface area (Å²) in [5.74, 6) is -0.407. The maximum absolute atomic E-state index is 13.2. The number of alkyl halides is 3. The van der Waals surface area contributed by atoms with Gasteiger partial charge in [-0.15, -0.1) is 0 Å². The van der Waals surface area contributed by atoms with Crippen LogP contribution in [0, 0.1) is 6.92 Å². The van der Waals surface area contributed by atoms with Gasteiger partial charge in [0.2, 0.25) is 5.91 Å². The van der Waals surface area contributed by atoms with Crippen LogP contribution in [0.25, 0.3) is 0 Å². The van der Waals surface area contributed by atoms with Crippen molar-refractivity contribution in [3.8, 4) is 0 Å². The van der Waals surface area contributed by atoms with Gasteiger partial charge in [-0.05, 0) is 31.2 Å². The van der Waals surface area contributed by atoms with Gasteiger partial charge >= 0.3 is 6.18 Å². The maximum atomic E-state index is 13.2. The number of carbonyl (C=O) groups is 1. The molecule has 1 aromatic heterocycles. The molecule has 0 spiro atoms. The predicted octanol–water partition coefficient (Wildman–Crippen LogP) is 3.98. The van der Waals surface area contributed by atoms with Crippen LogP contribution < -0.4 is 4.90 Å². The van der Waals surface area contributed by atoms with E-state index >= 15 is 0 Å². The number of aryl methyl sites for hydroxylation is 1. The highest BCUT2D eigenvalue weighted by atomic mass is 79.9. The normalized spacial score (nSPS) is 15.3. The minimum absolute atomic E-state index is 0.0526. The van der Waals surface area contributed by atoms with E-state index in [1.54, 1.807) is 4.90 Å². The Bertz CT molecular complexity index is 830. The number of halogens is 5. The average molecular weight is 466 g/mol. The lowest BCUT2D eigenvalue weighted by atomic mass is 10.2. The van der Waals surface area contributed by atoms with Gasteiger partial charge in [0.15, 0.2) is 5.69 Å². The third kappa shape index (κ3) is 4.40. The summed E-state index contributed by atoms with van der Waals surface area (Å²) in [5, 5.41) is 3.32. The van der Waals surface area contributed by atoms with E-state index in [1.807, 2.05) is 24.3 Å². The van der Waals surface area contributed by atoms with Crippen LogP contribution in [0.15, 0.2) is 28.7 Å². The number of rotatable bonds is 3. The predicted molar refractivity (Wildman–Crippen MR) is 99.9 cm³/mol. The zero-order valence-electron chi connectivity index (χ0n) is 14.4. The molecule has 1 fully saturated rings. The first kappa shape index (κ1) is 20.0. The van der Waals surface area contributed by atoms with Crippen LogP contribution in [0.1, 0.15) is 11.4 Å². The Morgan fingerprint density at radius 1 is 1.19 bits per heavy atom. The minimum Gasteiger partial charge on any atom is -0.368 e. The highest BCUT2D eigenvalue weighted by Gasteiger charge is 2.39. The molecular formula is C17H17BrClF3N4O. The molecule has 2 heterocycles. The van der Waals surface area contributed by atoms with Crippen molar-refractivity contribution < 1.29 is 18.0 Å². The molecule has 1 aromatic carbocycles. The van der Waals surface area contributed by atoms with Crippen LogP contribution in [-0.2, 0) is 17.5 Å². The Morgan fingerprint density at radius 2 is 1.78 bits per heavy atom. The number of carbonyl (C=O) groups excluding carboxylic acids is 1. The summed E-state index contributed by atoms with van der Waals surface area (Å²) in [6, 6.07) is 7.84. The Hall–Kier alpha value is -1.74. The minimum atomic E-state index is -4.67. The SMILES string of the molecule is Cc1nn(CC(=O)N2CCN(c3ccc(Br)cc3)CC2)c(C(F)(F)F)c1Cl. The fourth-order valence-electron chi connectivity index (χ4n) is 3.04. The van der Waals surface area contributed by atoms with Crippen molar-refractivity contribution in [2.45, 2.75) is 19.6 Å². The number of hydrogen-bond donors (Lipinski definition) is 0. The van der Waals surface area contributed by atoms with Crippen molar-refractivity contribution in [1.82, 2.24) is 14.7 Å². The summed E-state index contributed by atoms with van der Waals surface area (Å²) < 4.78 is 41.2. The van der Waals surface area contributed by atoms with E-state index in [-0.39, 0.29) is 5.69 Å². The Labute approximate surface area is 167 Å². The lowest BCUT2D eigenvalue weighted by Crippen LogP contribution is -2.49. The molecule has 146 valence electrons. The van der Waals surface area contributed by atoms with Crippen molar-refractivity contribution in [2.75, 3.05) is 31.1 Å². The quantitative estimate of drug-likeness (QED) is 0.689. The standard InChI is InChI=1S/C17H17BrClF3N4O/c1-11-15(19)16(17(20,21)22)26(23-11)10-14(27)25-8-6-24(7-9-25)13-4-2-12(18)3-5-13/h2-5H,6-10H2,1H3. The van der Waals surface area contributed by atoms with Crippen molar-refractivity contribution >= 4 is 39.1 Å². The monoisotopic (exact) mass is 464 g/mol. The lowest BCUT2D eigenvalue weighted by molar-refractivity contribution is -0.145. The number of aromatic nitrogens is 2. The summed E-state index contributed by atoms with van der Waals surface area (Å²) in [5.41, 5.74) is 0.0134. The van der Waals surface area contributed by atoms with Crippen LogP contribution >= 0.6 is 27.5 Å². The van der Waals surface area contributed by atoms with Crippen LogP contribution in [0.5, 0.6) is 0 Å². The van der Waals surface area contributed by atoms with Crippen molar-refractivity contribution in [2.24, 2.45) is 0 Å². The summed E-state index contributed by atoms with van der Waals surface area (Å²) in [6.45, 7) is 2.99. The number of piperazine rings is 1. The van der Waals surface area contributed by atoms with E-state index in [1.165, 1.54) is 6.92 Å². The molecule has 0 bridgehead atoms. The lowest BCUT2D eigenvalue weighted by Gasteiger charge is -2.36. The number of nitrogens with zero attached hydrogens (tertiary/aromatic N) is 4. The first-order valence-corrected chi connectivity index (χ1v) is 9.42. The van der Waals surface area contributed by atoms with Gasteiger partial charge in [0, 0.05) is 36.3 Å². The first-order chi connectivity index (χ1) is 12.7. The molecule has 1 aliphatic rings. The first-order valence-electron chi connectivity index (χ1n) is 8.25. The Balaban J connectivity index is 1.65. The zero-order chi connectivity index (χ0) is 19.8. The van der Waals surface area contributed by atoms with E-state index in [0.717, 1.165) is 10.2 Å². The molecule has 0 saturated carbocycles. The molecule has 1 amide bonds. The highest BCUT2D eigenvalue weighted by molar-refractivity contribution is 9.10. The Kier molecular flexibility index (Phi) is 5.71. The molecule has 0 radical (unpaired) electrons. The van der Waals surface area contributed by atoms with Gasteiger partial charge in [0.25, 0.3) is 0 Å². The van der Waals surface area contributed by atoms with Gasteiger partial charge < -0.3 is 9.80 Å². The van der Waals surface area contributed by atoms with Gasteiger partial charge in [-0.2, -0.15) is 18.3 Å². The fourth-order valence-corrected chi connectivity index (χ4v) is 3.55. The molecule has 1 saturated heterocycles. The summed E-state index contributed by atoms with van der Waals surface area (Å²) in [6.07, 6.45) is -4.67. The molecule has 3 rings (SSSR count). The van der Waals surface area contributed by atoms with Crippen molar-refractivity contribution in [1.29, 1.82) is 0 Å². The van der Waals surface area contributed by atoms with Crippen molar-refractivity contribution in [3.05, 3.63) is 45.1 Å². The third-order valence-corrected chi connectivity index (χ3v) is 5.41. The van der Waals surface area contributed by atoms with Crippen molar-refractivity contribution in [3.63, 3.8) is 0 Å². The molecule has 0 atom stereocenters. The number of anilines is 1. The summed E-state index contributed by atoms with van der Waals surface area (Å²) >= 11 is 9.11. The number of hydrogen-bond acceptors (Lipinski definition) is 3. The molecular weight excluding hydrogens is 449 g/mol. The number of amides is 1. The second kappa shape index (κ2) is 7.71. The Morgan fingerprint density at radius 3 is 2.33 bits per heavy atom. The van der Waals surface area contributed by atoms with Crippen LogP contribution in [0.2, 0.25) is 5.02 Å². The molecule has 0 unspecified atom stereocenters. The van der Waals surface area contributed by atoms with Crippen LogP contribution in [0.4, 0.5) is 18.9 Å². The maximum Gasteiger partial charge on any atom is 0.434 e. The molecule has 0 aliphatic carbocycles. The van der Waals surface area contributed by atoms with Crippen LogP contribution in [0.3, 0.4) is 0 Å². The van der Waals surface area contributed by atoms with E-state index in [2.05, 4.69) is 25.9 Å². The van der Waals surface area contributed by atoms with E-state index < -0.39 is 29.3 Å². The van der Waals surface area contributed by atoms with E-state index in [4.69, 9.17) is 11.6 Å². The van der Waals surface area contributed by atoms with Gasteiger partial charge in [0.05, 0.1) is 10.7 Å². The zero-order valence-corrected chi connectivity index (χ0v) is 16.8. The average Bonchev–Trinajstić information content (AvgIpc) is 2.89. The fraction of sp³-hybridized carbons (Fsp3) is 0.412. The molecule has 2 aromatic rings. The topological polar surface area (TPSA) is 41.4 Å². The van der Waals surface area contributed by atoms with E-state index in [9.17, 15) is 18.0 Å². The van der Waals surface area contributed by atoms with Gasteiger partial charge in [0.1, 0.15) is 6.54 Å². The van der Waals surface area contributed by atoms with Gasteiger partial charge in [-0.3, -0.25) is 4.79 Å². The molecule has 10 heteroatoms. The van der Waals surface area contributed by atoms with Gasteiger partial charge in [-0.25, -0.2) is 4.68 Å². The summed E-state index contributed by atoms with van der Waals surface area (Å²) in [7, 11) is 0. The summed E-state index contributed by atoms with van der Waals surface area (Å²) in [4.78, 5) is 16.2. The molecule has 0 N–H and O–H groups in total. The largest absolute Gasteiger partial charge is 0.434 e. The smallest absolute Gasteiger partial charge is 0.368 e. The van der Waals surface area contributed by atoms with Gasteiger partial charge in [-0.1, -0.05) is 27.5 Å². The third-order valence-electron chi connectivity index (χ3n) is 4.43. The highest BCUT2D eigenvalue weighted by Crippen LogP contribution is 2.36. The second-order valence-electron chi connectivity index (χ2n) is 6.25. The number of benzene rings is 1. The molecule has 5 nitrogen and oxygen atoms in total. The van der Waals surface area contributed by atoms with Crippen LogP contribution in [-0.4, -0.2) is 46.8 Å². The molecule has 27 heavy (non-hydrogen) atoms. The molecule has 1 aliphatic heterocycles. The second-order valence-corrected chi connectivity index (χ2v) is 7.54.